The van der Waals surface area contributed by atoms with Crippen LogP contribution in [0.3, 0.4) is 0 Å². The maximum Gasteiger partial charge on any atom is 0.416 e. The van der Waals surface area contributed by atoms with E-state index in [1.165, 1.54) is 12.1 Å². The number of nitrogens with zero attached hydrogens (tertiary/aromatic N) is 2. The molecule has 2 N–H and O–H groups in total. The van der Waals surface area contributed by atoms with E-state index < -0.39 is 11.7 Å². The molecule has 0 radical (unpaired) electrons. The molecule has 0 bridgehead atoms. The molecule has 33 heavy (non-hydrogen) atoms. The highest BCUT2D eigenvalue weighted by Crippen LogP contribution is 2.40. The molecule has 4 nitrogen and oxygen atoms in total. The summed E-state index contributed by atoms with van der Waals surface area (Å²) in [7, 11) is 0. The Morgan fingerprint density at radius 3 is 2.24 bits per heavy atom. The van der Waals surface area contributed by atoms with Crippen molar-refractivity contribution < 1.29 is 17.9 Å². The van der Waals surface area contributed by atoms with Crippen molar-refractivity contribution in [1.29, 1.82) is 0 Å². The highest BCUT2D eigenvalue weighted by Gasteiger charge is 2.36. The van der Waals surface area contributed by atoms with Crippen molar-refractivity contribution in [1.82, 2.24) is 4.90 Å². The van der Waals surface area contributed by atoms with E-state index in [1.54, 1.807) is 30.3 Å². The van der Waals surface area contributed by atoms with Gasteiger partial charge in [-0.2, -0.15) is 13.2 Å². The molecule has 1 aliphatic rings. The van der Waals surface area contributed by atoms with Crippen LogP contribution in [0.25, 0.3) is 0 Å². The van der Waals surface area contributed by atoms with Crippen LogP contribution in [-0.4, -0.2) is 24.5 Å². The summed E-state index contributed by atoms with van der Waals surface area (Å²) in [4.78, 5) is 3.93. The molecule has 0 aromatic heterocycles. The van der Waals surface area contributed by atoms with Crippen molar-refractivity contribution in [2.45, 2.75) is 12.2 Å². The maximum absolute atomic E-state index is 13.3. The molecule has 0 aliphatic carbocycles. The van der Waals surface area contributed by atoms with E-state index in [0.29, 0.717) is 47.5 Å². The number of anilines is 1. The van der Waals surface area contributed by atoms with Gasteiger partial charge in [-0.15, -0.1) is 0 Å². The van der Waals surface area contributed by atoms with Gasteiger partial charge in [0.1, 0.15) is 17.3 Å². The average Bonchev–Trinajstić information content (AvgIpc) is 3.12. The van der Waals surface area contributed by atoms with Crippen molar-refractivity contribution in [2.75, 3.05) is 24.5 Å². The molecule has 3 aromatic rings. The highest BCUT2D eigenvalue weighted by atomic mass is 35.5. The van der Waals surface area contributed by atoms with Crippen molar-refractivity contribution >= 4 is 17.3 Å². The molecule has 4 rings (SSSR count). The lowest BCUT2D eigenvalue weighted by Crippen LogP contribution is -2.27. The van der Waals surface area contributed by atoms with Crippen LogP contribution in [0.15, 0.2) is 85.2 Å². The molecule has 1 fully saturated rings. The van der Waals surface area contributed by atoms with E-state index in [0.717, 1.165) is 11.8 Å². The molecule has 0 spiro atoms. The second-order valence-electron chi connectivity index (χ2n) is 7.71. The number of nitrogens with two attached hydrogens (primary N) is 1. The lowest BCUT2D eigenvalue weighted by atomic mass is 10.0. The minimum atomic E-state index is -4.41. The van der Waals surface area contributed by atoms with Gasteiger partial charge in [0.15, 0.2) is 0 Å². The quantitative estimate of drug-likeness (QED) is 0.447. The van der Waals surface area contributed by atoms with E-state index in [1.807, 2.05) is 34.1 Å². The zero-order valence-electron chi connectivity index (χ0n) is 17.7. The number of alkyl halides is 3. The second-order valence-corrected chi connectivity index (χ2v) is 8.15. The predicted molar refractivity (Wildman–Crippen MR) is 124 cm³/mol. The Morgan fingerprint density at radius 2 is 1.64 bits per heavy atom. The zero-order valence-corrected chi connectivity index (χ0v) is 18.5. The normalized spacial score (nSPS) is 16.4. The van der Waals surface area contributed by atoms with Crippen LogP contribution in [0.1, 0.15) is 17.2 Å². The van der Waals surface area contributed by atoms with Crippen molar-refractivity contribution in [2.24, 2.45) is 5.73 Å². The molecule has 172 valence electrons. The van der Waals surface area contributed by atoms with Crippen molar-refractivity contribution in [3.05, 3.63) is 101 Å². The maximum atomic E-state index is 13.3. The Labute approximate surface area is 195 Å². The molecule has 1 unspecified atom stereocenters. The number of hydrogen-bond donors (Lipinski definition) is 1. The molecular weight excluding hydrogens is 451 g/mol. The van der Waals surface area contributed by atoms with E-state index in [-0.39, 0.29) is 6.04 Å². The summed E-state index contributed by atoms with van der Waals surface area (Å²) in [5.74, 6) is 1.96. The molecule has 3 aromatic carbocycles. The van der Waals surface area contributed by atoms with Crippen molar-refractivity contribution in [3.63, 3.8) is 0 Å². The van der Waals surface area contributed by atoms with E-state index in [9.17, 15) is 13.2 Å². The molecule has 1 heterocycles. The first-order valence-corrected chi connectivity index (χ1v) is 10.8. The molecule has 1 aliphatic heterocycles. The third kappa shape index (κ3) is 5.10. The fourth-order valence-electron chi connectivity index (χ4n) is 3.92. The summed E-state index contributed by atoms with van der Waals surface area (Å²) in [6.45, 7) is 5.65. The van der Waals surface area contributed by atoms with Crippen molar-refractivity contribution in [3.8, 4) is 11.5 Å². The Hall–Kier alpha value is -3.16. The Balaban J connectivity index is 1.63. The van der Waals surface area contributed by atoms with Crippen LogP contribution >= 0.6 is 11.6 Å². The van der Waals surface area contributed by atoms with Gasteiger partial charge in [-0.05, 0) is 66.2 Å². The van der Waals surface area contributed by atoms with Crippen LogP contribution in [0.5, 0.6) is 11.5 Å². The average molecular weight is 474 g/mol. The van der Waals surface area contributed by atoms with Gasteiger partial charge in [-0.1, -0.05) is 30.3 Å². The SMILES string of the molecule is C=C1N(CCN)CC(c2cccc(C(F)(F)F)c2)N1c1ccc(Oc2ccc(Cl)cc2)cc1. The summed E-state index contributed by atoms with van der Waals surface area (Å²) >= 11 is 5.91. The topological polar surface area (TPSA) is 41.7 Å². The standard InChI is InChI=1S/C25H23ClF3N3O/c1-17-31(14-13-30)16-24(18-3-2-4-19(15-18)25(27,28)29)32(17)21-7-11-23(12-8-21)33-22-9-5-20(26)6-10-22/h2-12,15,24H,1,13-14,16,30H2. The molecule has 0 amide bonds. The largest absolute Gasteiger partial charge is 0.457 e. The highest BCUT2D eigenvalue weighted by molar-refractivity contribution is 6.30. The van der Waals surface area contributed by atoms with E-state index in [2.05, 4.69) is 6.58 Å². The molecule has 8 heteroatoms. The first kappa shape index (κ1) is 23.0. The fraction of sp³-hybridized carbons (Fsp3) is 0.200. The predicted octanol–water partition coefficient (Wildman–Crippen LogP) is 6.44. The number of rotatable bonds is 6. The molecule has 1 atom stereocenters. The minimum Gasteiger partial charge on any atom is -0.457 e. The molecule has 0 saturated carbocycles. The Morgan fingerprint density at radius 1 is 1.00 bits per heavy atom. The Kier molecular flexibility index (Phi) is 6.54. The number of benzene rings is 3. The van der Waals surface area contributed by atoms with Gasteiger partial charge >= 0.3 is 6.18 Å². The Bertz CT molecular complexity index is 1120. The first-order valence-electron chi connectivity index (χ1n) is 10.4. The summed E-state index contributed by atoms with van der Waals surface area (Å²) in [6, 6.07) is 19.5. The summed E-state index contributed by atoms with van der Waals surface area (Å²) < 4.78 is 45.8. The van der Waals surface area contributed by atoms with Crippen LogP contribution < -0.4 is 15.4 Å². The zero-order chi connectivity index (χ0) is 23.6. The number of ether oxygens (including phenoxy) is 1. The number of hydrogen-bond acceptors (Lipinski definition) is 4. The van der Waals surface area contributed by atoms with Gasteiger partial charge in [0.05, 0.1) is 11.6 Å². The smallest absolute Gasteiger partial charge is 0.416 e. The fourth-order valence-corrected chi connectivity index (χ4v) is 4.05. The van der Waals surface area contributed by atoms with Gasteiger partial charge in [0.2, 0.25) is 0 Å². The summed E-state index contributed by atoms with van der Waals surface area (Å²) in [6.07, 6.45) is -4.41. The van der Waals surface area contributed by atoms with Gasteiger partial charge in [-0.25, -0.2) is 0 Å². The lowest BCUT2D eigenvalue weighted by Gasteiger charge is -2.27. The van der Waals surface area contributed by atoms with E-state index in [4.69, 9.17) is 22.1 Å². The van der Waals surface area contributed by atoms with Crippen LogP contribution in [0.2, 0.25) is 5.02 Å². The van der Waals surface area contributed by atoms with Crippen LogP contribution in [0, 0.1) is 0 Å². The summed E-state index contributed by atoms with van der Waals surface area (Å²) in [5.41, 5.74) is 6.43. The lowest BCUT2D eigenvalue weighted by molar-refractivity contribution is -0.137. The van der Waals surface area contributed by atoms with Gasteiger partial charge in [0, 0.05) is 30.3 Å². The summed E-state index contributed by atoms with van der Waals surface area (Å²) in [5, 5.41) is 0.618. The van der Waals surface area contributed by atoms with Gasteiger partial charge in [-0.3, -0.25) is 0 Å². The molecular formula is C25H23ClF3N3O. The minimum absolute atomic E-state index is 0.339. The third-order valence-corrected chi connectivity index (χ3v) is 5.76. The molecule has 1 saturated heterocycles. The second kappa shape index (κ2) is 9.37. The first-order chi connectivity index (χ1) is 15.8. The van der Waals surface area contributed by atoms with Crippen LogP contribution in [-0.2, 0) is 6.18 Å². The van der Waals surface area contributed by atoms with Crippen LogP contribution in [0.4, 0.5) is 18.9 Å². The van der Waals surface area contributed by atoms with Gasteiger partial charge in [0.25, 0.3) is 0 Å². The van der Waals surface area contributed by atoms with E-state index >= 15 is 0 Å². The monoisotopic (exact) mass is 473 g/mol. The van der Waals surface area contributed by atoms with Gasteiger partial charge < -0.3 is 20.3 Å². The third-order valence-electron chi connectivity index (χ3n) is 5.51. The number of halogens is 4.